The molecule has 0 radical (unpaired) electrons. The first-order valence-corrected chi connectivity index (χ1v) is 6.76. The van der Waals surface area contributed by atoms with Crippen molar-refractivity contribution in [3.05, 3.63) is 29.4 Å². The van der Waals surface area contributed by atoms with Gasteiger partial charge in [0.25, 0.3) is 0 Å². The van der Waals surface area contributed by atoms with E-state index in [0.29, 0.717) is 5.15 Å². The van der Waals surface area contributed by atoms with Gasteiger partial charge in [-0.25, -0.2) is 4.98 Å². The molecule has 2 aromatic rings. The van der Waals surface area contributed by atoms with E-state index in [9.17, 15) is 0 Å². The number of halogens is 1. The molecular formula is C14H16ClN3O. The number of fused-ring (bicyclic) bond motifs is 1. The summed E-state index contributed by atoms with van der Waals surface area (Å²) in [6.45, 7) is 3.83. The Balaban J connectivity index is 2.14. The van der Waals surface area contributed by atoms with Gasteiger partial charge in [0, 0.05) is 31.6 Å². The molecule has 1 aromatic heterocycles. The second-order valence-electron chi connectivity index (χ2n) is 4.59. The molecule has 5 heteroatoms. The molecule has 1 saturated heterocycles. The van der Waals surface area contributed by atoms with Crippen molar-refractivity contribution in [2.45, 2.75) is 0 Å². The summed E-state index contributed by atoms with van der Waals surface area (Å²) in [6.07, 6.45) is 0. The Kier molecular flexibility index (Phi) is 3.44. The molecule has 0 amide bonds. The summed E-state index contributed by atoms with van der Waals surface area (Å²) in [5.41, 5.74) is 0. The Morgan fingerprint density at radius 1 is 1.26 bits per heavy atom. The van der Waals surface area contributed by atoms with Crippen molar-refractivity contribution in [2.24, 2.45) is 0 Å². The van der Waals surface area contributed by atoms with Crippen molar-refractivity contribution in [3.63, 3.8) is 0 Å². The predicted molar refractivity (Wildman–Crippen MR) is 78.4 cm³/mol. The fourth-order valence-electron chi connectivity index (χ4n) is 2.42. The van der Waals surface area contributed by atoms with Crippen LogP contribution in [-0.2, 0) is 0 Å². The maximum absolute atomic E-state index is 6.13. The van der Waals surface area contributed by atoms with E-state index >= 15 is 0 Å². The highest BCUT2D eigenvalue weighted by Crippen LogP contribution is 2.30. The molecule has 0 atom stereocenters. The molecule has 0 bridgehead atoms. The molecule has 4 nitrogen and oxygen atoms in total. The number of piperazine rings is 1. The number of hydrogen-bond donors (Lipinski definition) is 1. The Bertz CT molecular complexity index is 597. The van der Waals surface area contributed by atoms with Gasteiger partial charge in [-0.3, -0.25) is 0 Å². The van der Waals surface area contributed by atoms with E-state index in [4.69, 9.17) is 16.3 Å². The van der Waals surface area contributed by atoms with Crippen molar-refractivity contribution in [3.8, 4) is 5.75 Å². The summed E-state index contributed by atoms with van der Waals surface area (Å²) in [7, 11) is 1.68. The predicted octanol–water partition coefficient (Wildman–Crippen LogP) is 2.31. The van der Waals surface area contributed by atoms with Crippen molar-refractivity contribution >= 4 is 28.2 Å². The van der Waals surface area contributed by atoms with Crippen LogP contribution in [0.5, 0.6) is 5.75 Å². The van der Waals surface area contributed by atoms with Gasteiger partial charge >= 0.3 is 0 Å². The molecule has 1 fully saturated rings. The Labute approximate surface area is 117 Å². The zero-order chi connectivity index (χ0) is 13.2. The largest absolute Gasteiger partial charge is 0.497 e. The van der Waals surface area contributed by atoms with Gasteiger partial charge in [-0.1, -0.05) is 17.7 Å². The number of methoxy groups -OCH3 is 1. The van der Waals surface area contributed by atoms with Gasteiger partial charge in [-0.05, 0) is 23.6 Å². The number of ether oxygens (including phenoxy) is 1. The highest BCUT2D eigenvalue weighted by molar-refractivity contribution is 6.30. The minimum atomic E-state index is 0.534. The first-order chi connectivity index (χ1) is 9.28. The second-order valence-corrected chi connectivity index (χ2v) is 4.98. The minimum absolute atomic E-state index is 0.534. The van der Waals surface area contributed by atoms with Crippen LogP contribution >= 0.6 is 11.6 Å². The molecule has 100 valence electrons. The third kappa shape index (κ3) is 2.46. The lowest BCUT2D eigenvalue weighted by molar-refractivity contribution is 0.415. The van der Waals surface area contributed by atoms with Gasteiger partial charge in [0.1, 0.15) is 16.7 Å². The minimum Gasteiger partial charge on any atom is -0.497 e. The van der Waals surface area contributed by atoms with Gasteiger partial charge in [0.05, 0.1) is 7.11 Å². The third-order valence-electron chi connectivity index (χ3n) is 3.41. The van der Waals surface area contributed by atoms with Crippen molar-refractivity contribution < 1.29 is 4.74 Å². The average Bonchev–Trinajstić information content (AvgIpc) is 2.47. The number of benzene rings is 1. The summed E-state index contributed by atoms with van der Waals surface area (Å²) in [5.74, 6) is 1.79. The van der Waals surface area contributed by atoms with Crippen molar-refractivity contribution in [1.29, 1.82) is 0 Å². The van der Waals surface area contributed by atoms with Crippen LogP contribution in [-0.4, -0.2) is 38.3 Å². The fourth-order valence-corrected chi connectivity index (χ4v) is 2.62. The maximum atomic E-state index is 6.13. The summed E-state index contributed by atoms with van der Waals surface area (Å²) < 4.78 is 5.30. The molecule has 1 N–H and O–H groups in total. The monoisotopic (exact) mass is 277 g/mol. The zero-order valence-corrected chi connectivity index (χ0v) is 11.6. The van der Waals surface area contributed by atoms with E-state index < -0.39 is 0 Å². The van der Waals surface area contributed by atoms with Crippen LogP contribution in [0.1, 0.15) is 0 Å². The maximum Gasteiger partial charge on any atom is 0.138 e. The van der Waals surface area contributed by atoms with Crippen LogP contribution in [0.3, 0.4) is 0 Å². The molecule has 2 heterocycles. The molecule has 19 heavy (non-hydrogen) atoms. The van der Waals surface area contributed by atoms with Crippen LogP contribution < -0.4 is 15.0 Å². The average molecular weight is 278 g/mol. The van der Waals surface area contributed by atoms with E-state index in [2.05, 4.69) is 15.2 Å². The number of anilines is 1. The van der Waals surface area contributed by atoms with Gasteiger partial charge in [-0.2, -0.15) is 0 Å². The highest BCUT2D eigenvalue weighted by atomic mass is 35.5. The number of nitrogens with one attached hydrogen (secondary N) is 1. The van der Waals surface area contributed by atoms with E-state index in [1.807, 2.05) is 24.3 Å². The zero-order valence-electron chi connectivity index (χ0n) is 10.8. The number of pyridine rings is 1. The van der Waals surface area contributed by atoms with E-state index in [0.717, 1.165) is 48.5 Å². The lowest BCUT2D eigenvalue weighted by Gasteiger charge is -2.29. The number of aromatic nitrogens is 1. The Morgan fingerprint density at radius 2 is 2.05 bits per heavy atom. The van der Waals surface area contributed by atoms with Crippen LogP contribution in [0, 0.1) is 0 Å². The van der Waals surface area contributed by atoms with Crippen LogP contribution in [0.2, 0.25) is 5.15 Å². The number of nitrogens with zero attached hydrogens (tertiary/aromatic N) is 2. The molecular weight excluding hydrogens is 262 g/mol. The topological polar surface area (TPSA) is 37.4 Å². The summed E-state index contributed by atoms with van der Waals surface area (Å²) in [6, 6.07) is 7.88. The Morgan fingerprint density at radius 3 is 2.79 bits per heavy atom. The van der Waals surface area contributed by atoms with E-state index in [-0.39, 0.29) is 0 Å². The molecule has 0 saturated carbocycles. The van der Waals surface area contributed by atoms with E-state index in [1.165, 1.54) is 0 Å². The summed E-state index contributed by atoms with van der Waals surface area (Å²) in [5, 5.41) is 6.06. The van der Waals surface area contributed by atoms with Gasteiger partial charge in [-0.15, -0.1) is 0 Å². The molecule has 0 spiro atoms. The second kappa shape index (κ2) is 5.23. The molecule has 1 aromatic carbocycles. The first kappa shape index (κ1) is 12.5. The van der Waals surface area contributed by atoms with Crippen molar-refractivity contribution in [2.75, 3.05) is 38.2 Å². The molecule has 1 aliphatic rings. The first-order valence-electron chi connectivity index (χ1n) is 6.38. The third-order valence-corrected chi connectivity index (χ3v) is 3.60. The van der Waals surface area contributed by atoms with Crippen LogP contribution in [0.15, 0.2) is 24.3 Å². The van der Waals surface area contributed by atoms with E-state index in [1.54, 1.807) is 7.11 Å². The smallest absolute Gasteiger partial charge is 0.138 e. The lowest BCUT2D eigenvalue weighted by Crippen LogP contribution is -2.44. The highest BCUT2D eigenvalue weighted by Gasteiger charge is 2.16. The molecule has 1 aliphatic heterocycles. The standard InChI is InChI=1S/C14H16ClN3O/c1-19-11-3-2-10-8-13(15)17-14(12(10)9-11)18-6-4-16-5-7-18/h2-3,8-9,16H,4-7H2,1H3. The summed E-state index contributed by atoms with van der Waals surface area (Å²) >= 11 is 6.13. The molecule has 3 rings (SSSR count). The van der Waals surface area contributed by atoms with Gasteiger partial charge in [0.15, 0.2) is 0 Å². The van der Waals surface area contributed by atoms with Gasteiger partial charge < -0.3 is 15.0 Å². The normalized spacial score (nSPS) is 15.8. The Hall–Kier alpha value is -1.52. The quantitative estimate of drug-likeness (QED) is 0.855. The van der Waals surface area contributed by atoms with Crippen molar-refractivity contribution in [1.82, 2.24) is 10.3 Å². The van der Waals surface area contributed by atoms with Crippen LogP contribution in [0.25, 0.3) is 10.8 Å². The number of hydrogen-bond acceptors (Lipinski definition) is 4. The number of rotatable bonds is 2. The molecule has 0 unspecified atom stereocenters. The summed E-state index contributed by atoms with van der Waals surface area (Å²) in [4.78, 5) is 6.78. The lowest BCUT2D eigenvalue weighted by atomic mass is 10.1. The SMILES string of the molecule is COc1ccc2cc(Cl)nc(N3CCNCC3)c2c1. The van der Waals surface area contributed by atoms with Crippen LogP contribution in [0.4, 0.5) is 5.82 Å². The molecule has 0 aliphatic carbocycles. The fraction of sp³-hybridized carbons (Fsp3) is 0.357. The van der Waals surface area contributed by atoms with Gasteiger partial charge in [0.2, 0.25) is 0 Å².